The standard InChI is InChI=1S/C20H26N2O3/c23-17-9-5-15(6-10-17)21-13-14-22(20(21)24)16-7-11-19(12-8-16)25-18-3-1-2-4-18/h7-8,11-15,17-18,23H,1-6,9-10H2/t15-,17-. The first kappa shape index (κ1) is 16.5. The lowest BCUT2D eigenvalue weighted by atomic mass is 9.93. The maximum Gasteiger partial charge on any atom is 0.332 e. The summed E-state index contributed by atoms with van der Waals surface area (Å²) >= 11 is 0. The highest BCUT2D eigenvalue weighted by atomic mass is 16.5. The summed E-state index contributed by atoms with van der Waals surface area (Å²) in [5.74, 6) is 0.879. The third-order valence-corrected chi connectivity index (χ3v) is 5.58. The van der Waals surface area contributed by atoms with E-state index in [9.17, 15) is 9.90 Å². The van der Waals surface area contributed by atoms with E-state index in [-0.39, 0.29) is 17.8 Å². The van der Waals surface area contributed by atoms with Gasteiger partial charge in [-0.2, -0.15) is 0 Å². The first-order valence-electron chi connectivity index (χ1n) is 9.45. The lowest BCUT2D eigenvalue weighted by molar-refractivity contribution is 0.110. The van der Waals surface area contributed by atoms with Gasteiger partial charge in [-0.25, -0.2) is 4.79 Å². The molecule has 0 bridgehead atoms. The van der Waals surface area contributed by atoms with Gasteiger partial charge in [0.15, 0.2) is 0 Å². The Kier molecular flexibility index (Phi) is 4.66. The molecule has 2 aromatic rings. The number of rotatable bonds is 4. The number of ether oxygens (including phenoxy) is 1. The normalized spacial score (nSPS) is 24.5. The topological polar surface area (TPSA) is 56.4 Å². The van der Waals surface area contributed by atoms with Crippen molar-refractivity contribution < 1.29 is 9.84 Å². The Morgan fingerprint density at radius 2 is 1.60 bits per heavy atom. The van der Waals surface area contributed by atoms with Crippen LogP contribution in [0.15, 0.2) is 41.5 Å². The molecule has 0 spiro atoms. The molecule has 1 N–H and O–H groups in total. The summed E-state index contributed by atoms with van der Waals surface area (Å²) in [6, 6.07) is 7.99. The van der Waals surface area contributed by atoms with Crippen LogP contribution in [0, 0.1) is 0 Å². The Morgan fingerprint density at radius 3 is 2.28 bits per heavy atom. The third-order valence-electron chi connectivity index (χ3n) is 5.58. The highest BCUT2D eigenvalue weighted by Crippen LogP contribution is 2.28. The molecule has 0 atom stereocenters. The molecule has 2 aliphatic rings. The summed E-state index contributed by atoms with van der Waals surface area (Å²) < 4.78 is 9.49. The average Bonchev–Trinajstić information content (AvgIpc) is 3.26. The summed E-state index contributed by atoms with van der Waals surface area (Å²) in [4.78, 5) is 12.7. The molecule has 2 aliphatic carbocycles. The average molecular weight is 342 g/mol. The van der Waals surface area contributed by atoms with Gasteiger partial charge in [-0.3, -0.25) is 9.13 Å². The first-order chi connectivity index (χ1) is 12.2. The number of aliphatic hydroxyl groups excluding tert-OH is 1. The van der Waals surface area contributed by atoms with Gasteiger partial charge in [0.2, 0.25) is 0 Å². The van der Waals surface area contributed by atoms with Crippen molar-refractivity contribution in [2.75, 3.05) is 0 Å². The molecule has 1 aromatic carbocycles. The van der Waals surface area contributed by atoms with E-state index in [0.29, 0.717) is 6.10 Å². The minimum atomic E-state index is -0.207. The number of aliphatic hydroxyl groups is 1. The molecule has 2 fully saturated rings. The molecule has 4 rings (SSSR count). The van der Waals surface area contributed by atoms with Crippen molar-refractivity contribution >= 4 is 0 Å². The second-order valence-electron chi connectivity index (χ2n) is 7.34. The van der Waals surface area contributed by atoms with Gasteiger partial charge in [0.1, 0.15) is 5.75 Å². The minimum Gasteiger partial charge on any atom is -0.490 e. The van der Waals surface area contributed by atoms with E-state index in [0.717, 1.165) is 50.0 Å². The number of aromatic nitrogens is 2. The van der Waals surface area contributed by atoms with E-state index in [4.69, 9.17) is 4.74 Å². The largest absolute Gasteiger partial charge is 0.490 e. The van der Waals surface area contributed by atoms with Crippen LogP contribution in [0.25, 0.3) is 5.69 Å². The van der Waals surface area contributed by atoms with Gasteiger partial charge >= 0.3 is 5.69 Å². The van der Waals surface area contributed by atoms with Gasteiger partial charge in [0.25, 0.3) is 0 Å². The van der Waals surface area contributed by atoms with Gasteiger partial charge in [-0.15, -0.1) is 0 Å². The summed E-state index contributed by atoms with van der Waals surface area (Å²) in [6.45, 7) is 0. The van der Waals surface area contributed by atoms with Crippen LogP contribution in [0.5, 0.6) is 5.75 Å². The minimum absolute atomic E-state index is 0.00847. The Labute approximate surface area is 147 Å². The second kappa shape index (κ2) is 7.08. The quantitative estimate of drug-likeness (QED) is 0.926. The molecule has 5 nitrogen and oxygen atoms in total. The molecular formula is C20H26N2O3. The van der Waals surface area contributed by atoms with Gasteiger partial charge < -0.3 is 9.84 Å². The van der Waals surface area contributed by atoms with Gasteiger partial charge in [-0.1, -0.05) is 0 Å². The van der Waals surface area contributed by atoms with Crippen LogP contribution in [-0.4, -0.2) is 26.4 Å². The SMILES string of the molecule is O=c1n(-c2ccc(OC3CCCC3)cc2)ccn1[C@H]1CC[C@H](O)CC1. The molecule has 0 amide bonds. The number of nitrogens with zero attached hydrogens (tertiary/aromatic N) is 2. The van der Waals surface area contributed by atoms with Gasteiger partial charge in [0, 0.05) is 18.4 Å². The molecular weight excluding hydrogens is 316 g/mol. The smallest absolute Gasteiger partial charge is 0.332 e. The zero-order valence-electron chi connectivity index (χ0n) is 14.5. The predicted octanol–water partition coefficient (Wildman–Crippen LogP) is 3.44. The monoisotopic (exact) mass is 342 g/mol. The van der Waals surface area contributed by atoms with Crippen molar-refractivity contribution in [1.29, 1.82) is 0 Å². The van der Waals surface area contributed by atoms with Crippen molar-refractivity contribution in [2.24, 2.45) is 0 Å². The van der Waals surface area contributed by atoms with Crippen LogP contribution >= 0.6 is 0 Å². The molecule has 25 heavy (non-hydrogen) atoms. The zero-order valence-corrected chi connectivity index (χ0v) is 14.5. The van der Waals surface area contributed by atoms with Crippen molar-refractivity contribution in [1.82, 2.24) is 9.13 Å². The lowest BCUT2D eigenvalue weighted by Crippen LogP contribution is -2.29. The van der Waals surface area contributed by atoms with Crippen LogP contribution in [0.2, 0.25) is 0 Å². The summed E-state index contributed by atoms with van der Waals surface area (Å²) in [6.07, 6.45) is 11.9. The first-order valence-corrected chi connectivity index (χ1v) is 9.45. The molecule has 0 aliphatic heterocycles. The van der Waals surface area contributed by atoms with E-state index < -0.39 is 0 Å². The van der Waals surface area contributed by atoms with Crippen LogP contribution in [0.1, 0.15) is 57.4 Å². The zero-order chi connectivity index (χ0) is 17.2. The van der Waals surface area contributed by atoms with Crippen LogP contribution in [0.4, 0.5) is 0 Å². The Hall–Kier alpha value is -2.01. The van der Waals surface area contributed by atoms with Crippen LogP contribution in [0.3, 0.4) is 0 Å². The maximum atomic E-state index is 12.7. The number of imidazole rings is 1. The van der Waals surface area contributed by atoms with Crippen molar-refractivity contribution in [3.05, 3.63) is 47.1 Å². The number of benzene rings is 1. The molecule has 0 radical (unpaired) electrons. The second-order valence-corrected chi connectivity index (χ2v) is 7.34. The fourth-order valence-electron chi connectivity index (χ4n) is 4.09. The summed E-state index contributed by atoms with van der Waals surface area (Å²) in [7, 11) is 0. The Balaban J connectivity index is 1.49. The van der Waals surface area contributed by atoms with E-state index in [1.54, 1.807) is 4.57 Å². The Bertz CT molecular complexity index is 748. The van der Waals surface area contributed by atoms with Gasteiger partial charge in [-0.05, 0) is 75.6 Å². The molecule has 134 valence electrons. The van der Waals surface area contributed by atoms with E-state index in [2.05, 4.69) is 0 Å². The van der Waals surface area contributed by atoms with E-state index in [1.165, 1.54) is 12.8 Å². The number of hydrogen-bond donors (Lipinski definition) is 1. The fraction of sp³-hybridized carbons (Fsp3) is 0.550. The van der Waals surface area contributed by atoms with Crippen LogP contribution in [-0.2, 0) is 0 Å². The number of hydrogen-bond acceptors (Lipinski definition) is 3. The molecule has 5 heteroatoms. The van der Waals surface area contributed by atoms with Crippen molar-refractivity contribution in [2.45, 2.75) is 69.6 Å². The summed E-state index contributed by atoms with van der Waals surface area (Å²) in [5, 5.41) is 9.65. The third kappa shape index (κ3) is 3.52. The van der Waals surface area contributed by atoms with Gasteiger partial charge in [0.05, 0.1) is 17.9 Å². The Morgan fingerprint density at radius 1 is 0.920 bits per heavy atom. The molecule has 0 unspecified atom stereocenters. The molecule has 0 saturated heterocycles. The molecule has 1 heterocycles. The predicted molar refractivity (Wildman–Crippen MR) is 96.4 cm³/mol. The van der Waals surface area contributed by atoms with Crippen molar-refractivity contribution in [3.63, 3.8) is 0 Å². The van der Waals surface area contributed by atoms with Crippen LogP contribution < -0.4 is 10.4 Å². The highest BCUT2D eigenvalue weighted by molar-refractivity contribution is 5.37. The summed E-state index contributed by atoms with van der Waals surface area (Å²) in [5.41, 5.74) is 0.851. The molecule has 1 aromatic heterocycles. The van der Waals surface area contributed by atoms with E-state index in [1.807, 2.05) is 41.2 Å². The van der Waals surface area contributed by atoms with Crippen molar-refractivity contribution in [3.8, 4) is 11.4 Å². The molecule has 2 saturated carbocycles. The van der Waals surface area contributed by atoms with E-state index >= 15 is 0 Å². The maximum absolute atomic E-state index is 12.7. The fourth-order valence-corrected chi connectivity index (χ4v) is 4.09. The lowest BCUT2D eigenvalue weighted by Gasteiger charge is -2.25. The highest BCUT2D eigenvalue weighted by Gasteiger charge is 2.22.